The third kappa shape index (κ3) is 4.79. The molecule has 6 unspecified atom stereocenters. The van der Waals surface area contributed by atoms with Crippen LogP contribution in [0.25, 0.3) is 0 Å². The lowest BCUT2D eigenvalue weighted by Crippen LogP contribution is -2.52. The summed E-state index contributed by atoms with van der Waals surface area (Å²) in [4.78, 5) is 21.4. The van der Waals surface area contributed by atoms with Crippen molar-refractivity contribution >= 4 is 24.0 Å². The lowest BCUT2D eigenvalue weighted by Gasteiger charge is -2.57. The van der Waals surface area contributed by atoms with E-state index in [-0.39, 0.29) is 21.9 Å². The molecule has 174 valence electrons. The molecule has 0 aromatic carbocycles. The summed E-state index contributed by atoms with van der Waals surface area (Å²) in [6.07, 6.45) is 12.7. The highest BCUT2D eigenvalue weighted by molar-refractivity contribution is 7.96. The predicted octanol–water partition coefficient (Wildman–Crippen LogP) is 7.31. The Hall–Kier alpha value is -1.16. The van der Waals surface area contributed by atoms with Crippen molar-refractivity contribution in [3.8, 4) is 0 Å². The Morgan fingerprint density at radius 2 is 1.94 bits per heavy atom. The molecule has 3 saturated carbocycles. The molecule has 4 rings (SSSR count). The fourth-order valence-corrected chi connectivity index (χ4v) is 7.22. The van der Waals surface area contributed by atoms with E-state index in [0.717, 1.165) is 49.5 Å². The molecule has 0 spiro atoms. The monoisotopic (exact) mass is 448 g/mol. The lowest BCUT2D eigenvalue weighted by atomic mass is 9.47. The zero-order valence-electron chi connectivity index (χ0n) is 20.0. The first kappa shape index (κ1) is 26.1. The molecule has 2 nitrogen and oxygen atoms in total. The van der Waals surface area contributed by atoms with Crippen LogP contribution >= 0.6 is 12.6 Å². The van der Waals surface area contributed by atoms with Gasteiger partial charge in [-0.3, -0.25) is 4.79 Å². The molecule has 4 aliphatic carbocycles. The van der Waals surface area contributed by atoms with Crippen LogP contribution in [0.1, 0.15) is 79.6 Å². The first-order chi connectivity index (χ1) is 14.7. The van der Waals surface area contributed by atoms with Crippen molar-refractivity contribution in [3.05, 3.63) is 36.0 Å². The number of unbranched alkanes of at least 4 members (excludes halogenated alkanes) is 1. The number of aldehydes is 1. The maximum atomic E-state index is 15.1. The minimum atomic E-state index is -0.883. The van der Waals surface area contributed by atoms with Gasteiger partial charge in [0, 0.05) is 17.8 Å². The minimum absolute atomic E-state index is 0.0132. The van der Waals surface area contributed by atoms with Crippen molar-refractivity contribution in [1.29, 1.82) is 0 Å². The van der Waals surface area contributed by atoms with E-state index >= 15 is 4.39 Å². The molecule has 4 heteroatoms. The number of hydrogen-bond donors (Lipinski definition) is 1. The van der Waals surface area contributed by atoms with E-state index in [1.54, 1.807) is 0 Å². The van der Waals surface area contributed by atoms with Crippen LogP contribution < -0.4 is 0 Å². The van der Waals surface area contributed by atoms with Crippen LogP contribution in [0.15, 0.2) is 36.0 Å². The molecule has 0 aliphatic heterocycles. The van der Waals surface area contributed by atoms with E-state index in [2.05, 4.69) is 45.2 Å². The van der Waals surface area contributed by atoms with Crippen LogP contribution in [-0.4, -0.2) is 17.6 Å². The Morgan fingerprint density at radius 3 is 2.48 bits per heavy atom. The van der Waals surface area contributed by atoms with Crippen molar-refractivity contribution in [2.45, 2.75) is 85.7 Å². The number of allylic oxidation sites excluding steroid dienone is 5. The molecule has 3 fully saturated rings. The van der Waals surface area contributed by atoms with E-state index in [4.69, 9.17) is 0 Å². The Balaban J connectivity index is 0.000000432. The summed E-state index contributed by atoms with van der Waals surface area (Å²) in [6.45, 7) is 14.4. The fraction of sp³-hybridized carbons (Fsp3) is 0.704. The summed E-state index contributed by atoms with van der Waals surface area (Å²) in [7, 11) is 0. The standard InChI is InChI=1S/C21H27FOS.C4H8O.C2H6/c1-12-6-8-21(3)15-7-9-20(2)14(4-5-16(20)19(23)24)13(15)11-18(22)17(21)10-12;1-2-3-4-5;1-2/h6,8,10,13-16,18H,1,4-5,7,9,11H2,2-3H3,(H,23,24);4H,2-3H2,1H3;1-2H3/t13?,14?,15?,16?,18-,20?,21?;;/m0../s1. The highest BCUT2D eigenvalue weighted by Crippen LogP contribution is 2.66. The quantitative estimate of drug-likeness (QED) is 0.363. The van der Waals surface area contributed by atoms with E-state index < -0.39 is 6.17 Å². The summed E-state index contributed by atoms with van der Waals surface area (Å²) in [5.41, 5.74) is 1.66. The minimum Gasteiger partial charge on any atom is -0.303 e. The number of fused-ring (bicyclic) bond motifs is 5. The van der Waals surface area contributed by atoms with Gasteiger partial charge in [0.2, 0.25) is 0 Å². The van der Waals surface area contributed by atoms with Gasteiger partial charge in [-0.2, -0.15) is 0 Å². The van der Waals surface area contributed by atoms with Gasteiger partial charge in [0.1, 0.15) is 12.5 Å². The van der Waals surface area contributed by atoms with Gasteiger partial charge in [-0.1, -0.05) is 59.4 Å². The molecule has 0 amide bonds. The maximum absolute atomic E-state index is 15.1. The smallest absolute Gasteiger partial charge is 0.189 e. The van der Waals surface area contributed by atoms with E-state index in [9.17, 15) is 9.59 Å². The van der Waals surface area contributed by atoms with Crippen LogP contribution in [0, 0.1) is 34.5 Å². The summed E-state index contributed by atoms with van der Waals surface area (Å²) in [5.74, 6) is 1.35. The first-order valence-electron chi connectivity index (χ1n) is 12.1. The Morgan fingerprint density at radius 1 is 1.26 bits per heavy atom. The number of alkyl halides is 1. The van der Waals surface area contributed by atoms with Crippen LogP contribution in [0.2, 0.25) is 0 Å². The SMILES string of the molecule is C=C1C=CC2(C)C(=C1)[C@@H](F)CC1C2CCC2(C)C(C(=O)S)CCC12.CC.CCCC=O. The average Bonchev–Trinajstić information content (AvgIpc) is 3.10. The lowest BCUT2D eigenvalue weighted by molar-refractivity contribution is -0.120. The van der Waals surface area contributed by atoms with Gasteiger partial charge in [-0.05, 0) is 72.8 Å². The highest BCUT2D eigenvalue weighted by atomic mass is 32.1. The number of carbonyl (C=O) groups is 2. The fourth-order valence-electron chi connectivity index (χ4n) is 6.80. The van der Waals surface area contributed by atoms with E-state index in [0.29, 0.717) is 30.6 Å². The summed E-state index contributed by atoms with van der Waals surface area (Å²) < 4.78 is 15.1. The Labute approximate surface area is 194 Å². The molecule has 4 aliphatic rings. The maximum Gasteiger partial charge on any atom is 0.189 e. The van der Waals surface area contributed by atoms with Crippen molar-refractivity contribution < 1.29 is 14.0 Å². The van der Waals surface area contributed by atoms with Gasteiger partial charge >= 0.3 is 0 Å². The molecule has 0 aromatic heterocycles. The Bertz CT molecular complexity index is 742. The van der Waals surface area contributed by atoms with Crippen molar-refractivity contribution in [1.82, 2.24) is 0 Å². The first-order valence-corrected chi connectivity index (χ1v) is 12.5. The topological polar surface area (TPSA) is 34.1 Å². The van der Waals surface area contributed by atoms with Gasteiger partial charge in [0.05, 0.1) is 0 Å². The van der Waals surface area contributed by atoms with E-state index in [1.807, 2.05) is 26.8 Å². The molecule has 0 aromatic rings. The predicted molar refractivity (Wildman–Crippen MR) is 131 cm³/mol. The van der Waals surface area contributed by atoms with Crippen molar-refractivity contribution in [3.63, 3.8) is 0 Å². The number of hydrogen-bond acceptors (Lipinski definition) is 2. The zero-order valence-corrected chi connectivity index (χ0v) is 20.9. The van der Waals surface area contributed by atoms with Gasteiger partial charge in [-0.15, -0.1) is 12.6 Å². The molecular formula is C27H41FO2S. The van der Waals surface area contributed by atoms with Gasteiger partial charge in [-0.25, -0.2) is 4.39 Å². The summed E-state index contributed by atoms with van der Waals surface area (Å²) >= 11 is 4.16. The van der Waals surface area contributed by atoms with Gasteiger partial charge < -0.3 is 4.79 Å². The molecule has 0 heterocycles. The average molecular weight is 449 g/mol. The molecule has 0 N–H and O–H groups in total. The number of carbonyl (C=O) groups excluding carboxylic acids is 2. The normalized spacial score (nSPS) is 40.0. The zero-order chi connectivity index (χ0) is 23.4. The largest absolute Gasteiger partial charge is 0.303 e. The summed E-state index contributed by atoms with van der Waals surface area (Å²) in [6, 6.07) is 0. The number of rotatable bonds is 3. The second-order valence-corrected chi connectivity index (χ2v) is 10.3. The molecule has 0 bridgehead atoms. The van der Waals surface area contributed by atoms with Crippen molar-refractivity contribution in [2.24, 2.45) is 34.5 Å². The van der Waals surface area contributed by atoms with Crippen molar-refractivity contribution in [2.75, 3.05) is 0 Å². The molecular weight excluding hydrogens is 407 g/mol. The second kappa shape index (κ2) is 10.6. The number of halogens is 1. The third-order valence-electron chi connectivity index (χ3n) is 8.34. The van der Waals surface area contributed by atoms with Crippen LogP contribution in [0.4, 0.5) is 4.39 Å². The van der Waals surface area contributed by atoms with Gasteiger partial charge in [0.25, 0.3) is 0 Å². The highest BCUT2D eigenvalue weighted by Gasteiger charge is 2.60. The van der Waals surface area contributed by atoms with E-state index in [1.165, 1.54) is 0 Å². The van der Waals surface area contributed by atoms with Crippen LogP contribution in [-0.2, 0) is 9.59 Å². The summed E-state index contributed by atoms with van der Waals surface area (Å²) in [5, 5.41) is 0.0340. The Kier molecular flexibility index (Phi) is 8.95. The molecule has 7 atom stereocenters. The molecule has 0 radical (unpaired) electrons. The third-order valence-corrected chi connectivity index (χ3v) is 8.65. The van der Waals surface area contributed by atoms with Crippen LogP contribution in [0.5, 0.6) is 0 Å². The van der Waals surface area contributed by atoms with Crippen LogP contribution in [0.3, 0.4) is 0 Å². The second-order valence-electron chi connectivity index (χ2n) is 9.84. The van der Waals surface area contributed by atoms with Gasteiger partial charge in [0.15, 0.2) is 5.12 Å². The molecule has 31 heavy (non-hydrogen) atoms. The molecule has 0 saturated heterocycles. The number of thiol groups is 1.